The third kappa shape index (κ3) is 32.5. The van der Waals surface area contributed by atoms with Gasteiger partial charge in [0.15, 0.2) is 0 Å². The molecule has 0 saturated heterocycles. The van der Waals surface area contributed by atoms with Gasteiger partial charge in [-0.15, -0.1) is 0 Å². The molecule has 0 aliphatic heterocycles. The summed E-state index contributed by atoms with van der Waals surface area (Å²) in [5, 5.41) is 0. The van der Waals surface area contributed by atoms with Crippen LogP contribution in [0.4, 0.5) is 0 Å². The van der Waals surface area contributed by atoms with Gasteiger partial charge in [-0.2, -0.15) is 0 Å². The molecule has 0 aromatic carbocycles. The zero-order chi connectivity index (χ0) is 30.5. The van der Waals surface area contributed by atoms with E-state index in [2.05, 4.69) is 55.4 Å². The molecule has 0 saturated carbocycles. The predicted molar refractivity (Wildman–Crippen MR) is 182 cm³/mol. The van der Waals surface area contributed by atoms with Gasteiger partial charge in [0.05, 0.1) is 52.4 Å². The summed E-state index contributed by atoms with van der Waals surface area (Å²) >= 11 is -2.81. The molecule has 0 amide bonds. The van der Waals surface area contributed by atoms with Crippen molar-refractivity contribution < 1.29 is 20.4 Å². The maximum absolute atomic E-state index is 4.98. The van der Waals surface area contributed by atoms with Crippen molar-refractivity contribution in [3.8, 4) is 0 Å². The molecule has 0 aromatic rings. The Morgan fingerprint density at radius 1 is 0.308 bits per heavy atom. The van der Waals surface area contributed by atoms with Crippen LogP contribution in [0.25, 0.3) is 0 Å². The Kier molecular flexibility index (Phi) is 36.1. The molecule has 0 atom stereocenters. The molecule has 39 heavy (non-hydrogen) atoms. The second-order valence-electron chi connectivity index (χ2n) is 11.6. The van der Waals surface area contributed by atoms with E-state index in [0.717, 1.165) is 0 Å². The van der Waals surface area contributed by atoms with Gasteiger partial charge in [0, 0.05) is 0 Å². The number of unbranched alkanes of at least 4 members (excludes halogenated alkanes) is 8. The molecule has 0 aliphatic carbocycles. The summed E-state index contributed by atoms with van der Waals surface area (Å²) in [7, 11) is 19.9. The molecule has 0 radical (unpaired) electrons. The van der Waals surface area contributed by atoms with Gasteiger partial charge in [-0.3, -0.25) is 0 Å². The first-order valence-corrected chi connectivity index (χ1v) is 24.7. The molecule has 7 heteroatoms. The van der Waals surface area contributed by atoms with Gasteiger partial charge in [0.25, 0.3) is 0 Å². The van der Waals surface area contributed by atoms with Crippen LogP contribution in [0.15, 0.2) is 0 Å². The average Bonchev–Trinajstić information content (AvgIpc) is 2.91. The second kappa shape index (κ2) is 31.2. The van der Waals surface area contributed by atoms with E-state index in [-0.39, 0.29) is 0 Å². The van der Waals surface area contributed by atoms with Crippen molar-refractivity contribution in [2.45, 2.75) is 158 Å². The van der Waals surface area contributed by atoms with Gasteiger partial charge in [0.1, 0.15) is 0 Å². The zero-order valence-corrected chi connectivity index (χ0v) is 32.3. The number of halogens is 4. The van der Waals surface area contributed by atoms with Crippen LogP contribution in [0.2, 0.25) is 0 Å². The number of nitrogens with zero attached hydrogens (tertiary/aromatic N) is 2. The summed E-state index contributed by atoms with van der Waals surface area (Å²) < 4.78 is 2.84. The summed E-state index contributed by atoms with van der Waals surface area (Å²) in [6.45, 7) is 30.0. The van der Waals surface area contributed by atoms with Crippen molar-refractivity contribution in [3.63, 3.8) is 0 Å². The van der Waals surface area contributed by atoms with E-state index in [1.165, 1.54) is 164 Å². The third-order valence-electron chi connectivity index (χ3n) is 7.89. The van der Waals surface area contributed by atoms with Gasteiger partial charge in [-0.25, -0.2) is 0 Å². The maximum atomic E-state index is 4.98. The van der Waals surface area contributed by atoms with Crippen molar-refractivity contribution in [2.75, 3.05) is 52.4 Å². The van der Waals surface area contributed by atoms with E-state index in [1.807, 2.05) is 0 Å². The van der Waals surface area contributed by atoms with Gasteiger partial charge < -0.3 is 8.97 Å². The van der Waals surface area contributed by atoms with Gasteiger partial charge >= 0.3 is 49.6 Å². The number of hydrogen-bond acceptors (Lipinski definition) is 0. The van der Waals surface area contributed by atoms with E-state index in [1.54, 1.807) is 0 Å². The van der Waals surface area contributed by atoms with Crippen molar-refractivity contribution in [1.29, 1.82) is 0 Å². The van der Waals surface area contributed by atoms with E-state index >= 15 is 0 Å². The van der Waals surface area contributed by atoms with Crippen LogP contribution in [0.5, 0.6) is 0 Å². The number of quaternary nitrogens is 2. The fraction of sp³-hybridized carbons (Fsp3) is 1.00. The molecule has 0 N–H and O–H groups in total. The van der Waals surface area contributed by atoms with Crippen LogP contribution in [0, 0.1) is 0 Å². The summed E-state index contributed by atoms with van der Waals surface area (Å²) in [5.41, 5.74) is 0. The molecule has 0 spiro atoms. The number of rotatable bonds is 24. The van der Waals surface area contributed by atoms with E-state index in [9.17, 15) is 0 Å². The van der Waals surface area contributed by atoms with Crippen LogP contribution >= 0.6 is 38.1 Å². The molecule has 2 nitrogen and oxygen atoms in total. The molecule has 0 heterocycles. The Morgan fingerprint density at radius 2 is 0.410 bits per heavy atom. The second-order valence-corrected chi connectivity index (χ2v) is 25.7. The summed E-state index contributed by atoms with van der Waals surface area (Å²) in [4.78, 5) is 0. The third-order valence-corrected chi connectivity index (χ3v) is 7.89. The molecular weight excluding hydrogens is 661 g/mol. The Labute approximate surface area is 267 Å². The Hall–Kier alpha value is 1.74. The fourth-order valence-corrected chi connectivity index (χ4v) is 5.29. The molecule has 0 rings (SSSR count). The van der Waals surface area contributed by atoms with Gasteiger partial charge in [-0.1, -0.05) is 107 Å². The summed E-state index contributed by atoms with van der Waals surface area (Å²) in [5.74, 6) is 0. The predicted octanol–water partition coefficient (Wildman–Crippen LogP) is 12.8. The van der Waals surface area contributed by atoms with E-state index in [4.69, 9.17) is 38.1 Å². The minimum atomic E-state index is -2.81. The molecular formula is C32H72Cl4N2Pd. The summed E-state index contributed by atoms with van der Waals surface area (Å²) in [6, 6.07) is 0. The Balaban J connectivity index is -0.000000566. The first-order chi connectivity index (χ1) is 18.5. The summed E-state index contributed by atoms with van der Waals surface area (Å²) in [6.07, 6.45) is 22.1. The SMILES string of the molecule is CCCC[N+](CCCC)(CCCC)CCCC.CCCC[N+](CCCC)(CCCC)CCCC.[Cl][Pd-2]([Cl])([Cl])[Cl]. The Bertz CT molecular complexity index is 359. The normalized spacial score (nSPS) is 12.4. The van der Waals surface area contributed by atoms with Crippen molar-refractivity contribution in [3.05, 3.63) is 0 Å². The average molecular weight is 733 g/mol. The van der Waals surface area contributed by atoms with Gasteiger partial charge in [0.2, 0.25) is 0 Å². The van der Waals surface area contributed by atoms with E-state index < -0.39 is 11.5 Å². The first-order valence-electron chi connectivity index (χ1n) is 16.7. The van der Waals surface area contributed by atoms with Crippen molar-refractivity contribution in [2.24, 2.45) is 0 Å². The molecule has 0 bridgehead atoms. The standard InChI is InChI=1S/2C16H36N.4ClH.Pd/c2*1-5-9-13-17(14-10-6-2,15-11-7-3)16-12-8-4;;;;;/h2*5-16H2,1-4H3;4*1H;/q2*+1;;;;;+2/p-4. The van der Waals surface area contributed by atoms with E-state index in [0.29, 0.717) is 0 Å². The Morgan fingerprint density at radius 3 is 0.487 bits per heavy atom. The molecule has 0 aliphatic rings. The number of hydrogen-bond donors (Lipinski definition) is 0. The van der Waals surface area contributed by atoms with Crippen molar-refractivity contribution >= 4 is 38.1 Å². The zero-order valence-electron chi connectivity index (χ0n) is 27.7. The minimum absolute atomic E-state index is 1.35. The molecule has 248 valence electrons. The van der Waals surface area contributed by atoms with Crippen LogP contribution in [-0.2, 0) is 11.5 Å². The van der Waals surface area contributed by atoms with Crippen LogP contribution in [-0.4, -0.2) is 61.3 Å². The monoisotopic (exact) mass is 730 g/mol. The van der Waals surface area contributed by atoms with Crippen LogP contribution in [0.1, 0.15) is 158 Å². The van der Waals surface area contributed by atoms with Crippen LogP contribution in [0.3, 0.4) is 0 Å². The topological polar surface area (TPSA) is 0 Å². The van der Waals surface area contributed by atoms with Gasteiger partial charge in [-0.05, 0) is 51.4 Å². The molecule has 0 unspecified atom stereocenters. The molecule has 0 aromatic heterocycles. The first kappa shape index (κ1) is 45.2. The van der Waals surface area contributed by atoms with Crippen LogP contribution < -0.4 is 0 Å². The molecule has 0 fully saturated rings. The van der Waals surface area contributed by atoms with Crippen molar-refractivity contribution in [1.82, 2.24) is 0 Å². The fourth-order valence-electron chi connectivity index (χ4n) is 5.29. The quantitative estimate of drug-likeness (QED) is 0.0685.